The van der Waals surface area contributed by atoms with Crippen LogP contribution in [0, 0.1) is 0 Å². The lowest BCUT2D eigenvalue weighted by Gasteiger charge is -2.11. The molecule has 0 saturated heterocycles. The van der Waals surface area contributed by atoms with Crippen LogP contribution in [0.5, 0.6) is 5.75 Å². The van der Waals surface area contributed by atoms with Crippen molar-refractivity contribution in [1.82, 2.24) is 0 Å². The van der Waals surface area contributed by atoms with Gasteiger partial charge in [0.25, 0.3) is 0 Å². The van der Waals surface area contributed by atoms with Gasteiger partial charge in [-0.05, 0) is 32.0 Å². The number of esters is 1. The Morgan fingerprint density at radius 2 is 1.94 bits per heavy atom. The Kier molecular flexibility index (Phi) is 3.98. The van der Waals surface area contributed by atoms with Gasteiger partial charge in [0, 0.05) is 0 Å². The molecule has 0 bridgehead atoms. The van der Waals surface area contributed by atoms with Crippen molar-refractivity contribution in [3.63, 3.8) is 0 Å². The number of carbonyl (C=O) groups is 1. The smallest absolute Gasteiger partial charge is 0.459 e. The van der Waals surface area contributed by atoms with E-state index in [4.69, 9.17) is 4.74 Å². The molecule has 1 aromatic carbocycles. The third-order valence-electron chi connectivity index (χ3n) is 1.65. The Morgan fingerprint density at radius 1 is 1.29 bits per heavy atom. The molecule has 0 amide bonds. The van der Waals surface area contributed by atoms with Crippen molar-refractivity contribution in [2.45, 2.75) is 26.3 Å². The van der Waals surface area contributed by atoms with Crippen LogP contribution in [0.1, 0.15) is 24.2 Å². The lowest BCUT2D eigenvalue weighted by atomic mass is 10.2. The molecule has 0 saturated carbocycles. The van der Waals surface area contributed by atoms with Crippen LogP contribution in [0.2, 0.25) is 0 Å². The third-order valence-corrected chi connectivity index (χ3v) is 1.65. The minimum Gasteiger partial charge on any atom is -0.459 e. The Hall–Kier alpha value is -1.72. The van der Waals surface area contributed by atoms with E-state index in [2.05, 4.69) is 4.74 Å². The van der Waals surface area contributed by atoms with Crippen LogP contribution in [-0.2, 0) is 4.74 Å². The van der Waals surface area contributed by atoms with Crippen molar-refractivity contribution in [2.24, 2.45) is 0 Å². The van der Waals surface area contributed by atoms with Gasteiger partial charge in [0.05, 0.1) is 11.7 Å². The van der Waals surface area contributed by atoms with E-state index in [0.717, 1.165) is 12.1 Å². The van der Waals surface area contributed by atoms with E-state index in [1.165, 1.54) is 12.1 Å². The summed E-state index contributed by atoms with van der Waals surface area (Å²) in [5, 5.41) is 0. The summed E-state index contributed by atoms with van der Waals surface area (Å²) in [5.41, 5.74) is 0.0143. The summed E-state index contributed by atoms with van der Waals surface area (Å²) in [5.74, 6) is -1.14. The van der Waals surface area contributed by atoms with E-state index < -0.39 is 18.1 Å². The van der Waals surface area contributed by atoms with Crippen molar-refractivity contribution in [3.05, 3.63) is 29.8 Å². The molecule has 1 rings (SSSR count). The molecule has 0 aliphatic carbocycles. The molecule has 0 heterocycles. The van der Waals surface area contributed by atoms with Crippen molar-refractivity contribution in [1.29, 1.82) is 0 Å². The maximum Gasteiger partial charge on any atom is 0.573 e. The van der Waals surface area contributed by atoms with Gasteiger partial charge >= 0.3 is 12.3 Å². The van der Waals surface area contributed by atoms with Gasteiger partial charge in [0.1, 0.15) is 5.75 Å². The van der Waals surface area contributed by atoms with Crippen LogP contribution < -0.4 is 4.74 Å². The fourth-order valence-electron chi connectivity index (χ4n) is 1.10. The number of halogens is 3. The first kappa shape index (κ1) is 13.3. The van der Waals surface area contributed by atoms with Crippen molar-refractivity contribution in [3.8, 4) is 5.75 Å². The Labute approximate surface area is 96.1 Å². The van der Waals surface area contributed by atoms with Gasteiger partial charge in [0.15, 0.2) is 0 Å². The predicted octanol–water partition coefficient (Wildman–Crippen LogP) is 3.15. The largest absolute Gasteiger partial charge is 0.573 e. The van der Waals surface area contributed by atoms with Crippen LogP contribution in [0.15, 0.2) is 24.3 Å². The second-order valence-electron chi connectivity index (χ2n) is 3.53. The summed E-state index contributed by atoms with van der Waals surface area (Å²) in [7, 11) is 0. The molecule has 0 atom stereocenters. The van der Waals surface area contributed by atoms with Gasteiger partial charge in [-0.25, -0.2) is 4.79 Å². The number of benzene rings is 1. The van der Waals surface area contributed by atoms with Crippen molar-refractivity contribution >= 4 is 5.97 Å². The van der Waals surface area contributed by atoms with E-state index in [1.807, 2.05) is 0 Å². The molecule has 17 heavy (non-hydrogen) atoms. The van der Waals surface area contributed by atoms with Crippen molar-refractivity contribution in [2.75, 3.05) is 0 Å². The highest BCUT2D eigenvalue weighted by Gasteiger charge is 2.31. The zero-order valence-electron chi connectivity index (χ0n) is 9.25. The second kappa shape index (κ2) is 5.07. The standard InChI is InChI=1S/C11H11F3O3/c1-7(2)16-10(15)8-4-3-5-9(6-8)17-11(12,13)14/h3-7H,1-2H3. The van der Waals surface area contributed by atoms with Crippen LogP contribution in [0.25, 0.3) is 0 Å². The van der Waals surface area contributed by atoms with E-state index in [9.17, 15) is 18.0 Å². The van der Waals surface area contributed by atoms with Crippen molar-refractivity contribution < 1.29 is 27.4 Å². The first-order chi connectivity index (χ1) is 7.78. The van der Waals surface area contributed by atoms with E-state index in [1.54, 1.807) is 13.8 Å². The monoisotopic (exact) mass is 248 g/mol. The average molecular weight is 248 g/mol. The molecule has 0 aliphatic rings. The zero-order valence-corrected chi connectivity index (χ0v) is 9.25. The minimum atomic E-state index is -4.78. The Bertz CT molecular complexity index is 399. The predicted molar refractivity (Wildman–Crippen MR) is 53.7 cm³/mol. The number of hydrogen-bond acceptors (Lipinski definition) is 3. The molecule has 0 N–H and O–H groups in total. The number of alkyl halides is 3. The number of carbonyl (C=O) groups excluding carboxylic acids is 1. The van der Waals surface area contributed by atoms with Gasteiger partial charge < -0.3 is 9.47 Å². The van der Waals surface area contributed by atoms with Gasteiger partial charge in [-0.15, -0.1) is 13.2 Å². The molecule has 1 aromatic rings. The Morgan fingerprint density at radius 3 is 2.47 bits per heavy atom. The van der Waals surface area contributed by atoms with Gasteiger partial charge in [-0.3, -0.25) is 0 Å². The normalized spacial score (nSPS) is 11.4. The van der Waals surface area contributed by atoms with Gasteiger partial charge in [-0.1, -0.05) is 6.07 Å². The number of hydrogen-bond donors (Lipinski definition) is 0. The summed E-state index contributed by atoms with van der Waals surface area (Å²) in [6, 6.07) is 4.74. The van der Waals surface area contributed by atoms with E-state index in [-0.39, 0.29) is 11.7 Å². The molecule has 0 spiro atoms. The molecule has 0 aromatic heterocycles. The zero-order chi connectivity index (χ0) is 13.1. The van der Waals surface area contributed by atoms with E-state index in [0.29, 0.717) is 0 Å². The second-order valence-corrected chi connectivity index (χ2v) is 3.53. The van der Waals surface area contributed by atoms with Crippen LogP contribution in [-0.4, -0.2) is 18.4 Å². The molecule has 0 fully saturated rings. The SMILES string of the molecule is CC(C)OC(=O)c1cccc(OC(F)(F)F)c1. The average Bonchev–Trinajstić information content (AvgIpc) is 2.14. The summed E-state index contributed by atoms with van der Waals surface area (Å²) >= 11 is 0. The first-order valence-electron chi connectivity index (χ1n) is 4.85. The molecule has 6 heteroatoms. The maximum absolute atomic E-state index is 11.9. The highest BCUT2D eigenvalue weighted by atomic mass is 19.4. The highest BCUT2D eigenvalue weighted by Crippen LogP contribution is 2.23. The molecule has 94 valence electrons. The van der Waals surface area contributed by atoms with Gasteiger partial charge in [0.2, 0.25) is 0 Å². The molecule has 0 aliphatic heterocycles. The summed E-state index contributed by atoms with van der Waals surface area (Å²) in [6.45, 7) is 3.29. The maximum atomic E-state index is 11.9. The minimum absolute atomic E-state index is 0.0143. The van der Waals surface area contributed by atoms with Gasteiger partial charge in [-0.2, -0.15) is 0 Å². The van der Waals surface area contributed by atoms with E-state index >= 15 is 0 Å². The quantitative estimate of drug-likeness (QED) is 0.771. The third kappa shape index (κ3) is 4.76. The molecule has 0 radical (unpaired) electrons. The number of rotatable bonds is 3. The summed E-state index contributed by atoms with van der Waals surface area (Å²) < 4.78 is 44.4. The highest BCUT2D eigenvalue weighted by molar-refractivity contribution is 5.89. The Balaban J connectivity index is 2.82. The molecular formula is C11H11F3O3. The summed E-state index contributed by atoms with van der Waals surface area (Å²) in [4.78, 5) is 11.4. The fraction of sp³-hybridized carbons (Fsp3) is 0.364. The number of ether oxygens (including phenoxy) is 2. The fourth-order valence-corrected chi connectivity index (χ4v) is 1.10. The summed E-state index contributed by atoms with van der Waals surface area (Å²) in [6.07, 6.45) is -5.12. The molecular weight excluding hydrogens is 237 g/mol. The molecule has 0 unspecified atom stereocenters. The topological polar surface area (TPSA) is 35.5 Å². The first-order valence-corrected chi connectivity index (χ1v) is 4.85. The molecule has 3 nitrogen and oxygen atoms in total. The van der Waals surface area contributed by atoms with Crippen LogP contribution >= 0.6 is 0 Å². The lowest BCUT2D eigenvalue weighted by molar-refractivity contribution is -0.274. The lowest BCUT2D eigenvalue weighted by Crippen LogP contribution is -2.17. The van der Waals surface area contributed by atoms with Crippen LogP contribution in [0.3, 0.4) is 0 Å². The van der Waals surface area contributed by atoms with Crippen LogP contribution in [0.4, 0.5) is 13.2 Å².